The SMILES string of the molecule is O=C(OCC1OC(Oc2ccccc2CO)C(O)C(O)C1O)c1ccccc1. The number of rotatable bonds is 6. The van der Waals surface area contributed by atoms with Crippen molar-refractivity contribution in [2.24, 2.45) is 0 Å². The van der Waals surface area contributed by atoms with Gasteiger partial charge in [0.2, 0.25) is 6.29 Å². The van der Waals surface area contributed by atoms with E-state index in [1.54, 1.807) is 54.6 Å². The maximum atomic E-state index is 12.1. The van der Waals surface area contributed by atoms with Crippen LogP contribution >= 0.6 is 0 Å². The van der Waals surface area contributed by atoms with Crippen LogP contribution in [0.4, 0.5) is 0 Å². The predicted octanol–water partition coefficient (Wildman–Crippen LogP) is 0.222. The lowest BCUT2D eigenvalue weighted by Crippen LogP contribution is -2.60. The van der Waals surface area contributed by atoms with E-state index in [2.05, 4.69) is 0 Å². The van der Waals surface area contributed by atoms with Crippen LogP contribution < -0.4 is 4.74 Å². The van der Waals surface area contributed by atoms with Crippen molar-refractivity contribution in [2.75, 3.05) is 6.61 Å². The third-order valence-corrected chi connectivity index (χ3v) is 4.44. The van der Waals surface area contributed by atoms with Crippen molar-refractivity contribution < 1.29 is 39.4 Å². The first-order valence-corrected chi connectivity index (χ1v) is 8.78. The number of hydrogen-bond acceptors (Lipinski definition) is 8. The van der Waals surface area contributed by atoms with E-state index in [0.29, 0.717) is 11.1 Å². The molecular weight excluding hydrogens is 368 g/mol. The van der Waals surface area contributed by atoms with Crippen LogP contribution in [0.2, 0.25) is 0 Å². The molecule has 2 aromatic rings. The number of aliphatic hydroxyl groups excluding tert-OH is 4. The Hall–Kier alpha value is -2.49. The van der Waals surface area contributed by atoms with Crippen LogP contribution in [-0.2, 0) is 16.1 Å². The first-order chi connectivity index (χ1) is 13.5. The normalized spacial score (nSPS) is 27.2. The number of carbonyl (C=O) groups is 1. The third-order valence-electron chi connectivity index (χ3n) is 4.44. The van der Waals surface area contributed by atoms with E-state index in [1.165, 1.54) is 0 Å². The summed E-state index contributed by atoms with van der Waals surface area (Å²) in [5, 5.41) is 39.8. The predicted molar refractivity (Wildman–Crippen MR) is 96.4 cm³/mol. The number of aliphatic hydroxyl groups is 4. The molecule has 8 heteroatoms. The van der Waals surface area contributed by atoms with Gasteiger partial charge in [-0.1, -0.05) is 36.4 Å². The second kappa shape index (κ2) is 9.13. The molecule has 0 saturated carbocycles. The molecule has 0 radical (unpaired) electrons. The van der Waals surface area contributed by atoms with Crippen LogP contribution in [0.3, 0.4) is 0 Å². The second-order valence-corrected chi connectivity index (χ2v) is 6.36. The average molecular weight is 390 g/mol. The summed E-state index contributed by atoms with van der Waals surface area (Å²) in [5.41, 5.74) is 0.795. The van der Waals surface area contributed by atoms with Crippen molar-refractivity contribution in [3.8, 4) is 5.75 Å². The van der Waals surface area contributed by atoms with Crippen molar-refractivity contribution in [3.05, 3.63) is 65.7 Å². The Labute approximate surface area is 161 Å². The molecule has 3 rings (SSSR count). The van der Waals surface area contributed by atoms with Gasteiger partial charge in [-0.3, -0.25) is 0 Å². The summed E-state index contributed by atoms with van der Waals surface area (Å²) in [6.45, 7) is -0.636. The van der Waals surface area contributed by atoms with Crippen LogP contribution in [0, 0.1) is 0 Å². The van der Waals surface area contributed by atoms with Gasteiger partial charge in [0.15, 0.2) is 0 Å². The molecule has 0 amide bonds. The minimum Gasteiger partial charge on any atom is -0.462 e. The molecule has 2 aromatic carbocycles. The number of para-hydroxylation sites is 1. The molecule has 0 spiro atoms. The summed E-state index contributed by atoms with van der Waals surface area (Å²) in [4.78, 5) is 12.1. The van der Waals surface area contributed by atoms with Crippen molar-refractivity contribution in [1.82, 2.24) is 0 Å². The summed E-state index contributed by atoms with van der Waals surface area (Å²) in [7, 11) is 0. The quantitative estimate of drug-likeness (QED) is 0.516. The highest BCUT2D eigenvalue weighted by Gasteiger charge is 2.45. The standard InChI is InChI=1S/C20H22O8/c21-10-13-8-4-5-9-14(13)27-20-18(24)17(23)16(22)15(28-20)11-26-19(25)12-6-2-1-3-7-12/h1-9,15-18,20-24H,10-11H2. The van der Waals surface area contributed by atoms with E-state index in [1.807, 2.05) is 0 Å². The van der Waals surface area contributed by atoms with Crippen molar-refractivity contribution >= 4 is 5.97 Å². The molecule has 1 aliphatic rings. The minimum absolute atomic E-state index is 0.262. The molecule has 150 valence electrons. The van der Waals surface area contributed by atoms with Gasteiger partial charge in [0.05, 0.1) is 12.2 Å². The number of hydrogen-bond donors (Lipinski definition) is 4. The van der Waals surface area contributed by atoms with Gasteiger partial charge in [-0.15, -0.1) is 0 Å². The molecular formula is C20H22O8. The lowest BCUT2D eigenvalue weighted by atomic mass is 9.99. The van der Waals surface area contributed by atoms with Crippen molar-refractivity contribution in [3.63, 3.8) is 0 Å². The summed E-state index contributed by atoms with van der Waals surface area (Å²) in [6.07, 6.45) is -7.03. The Kier molecular flexibility index (Phi) is 6.61. The van der Waals surface area contributed by atoms with Crippen LogP contribution in [0.5, 0.6) is 5.75 Å². The molecule has 1 saturated heterocycles. The van der Waals surface area contributed by atoms with E-state index in [9.17, 15) is 25.2 Å². The van der Waals surface area contributed by atoms with Crippen molar-refractivity contribution in [2.45, 2.75) is 37.3 Å². The van der Waals surface area contributed by atoms with Crippen LogP contribution in [0.25, 0.3) is 0 Å². The zero-order valence-electron chi connectivity index (χ0n) is 14.9. The summed E-state index contributed by atoms with van der Waals surface area (Å²) in [6, 6.07) is 14.9. The molecule has 5 atom stereocenters. The summed E-state index contributed by atoms with van der Waals surface area (Å²) in [5.74, 6) is -0.349. The van der Waals surface area contributed by atoms with Crippen LogP contribution in [0.15, 0.2) is 54.6 Å². The van der Waals surface area contributed by atoms with E-state index in [-0.39, 0.29) is 19.0 Å². The first-order valence-electron chi connectivity index (χ1n) is 8.78. The highest BCUT2D eigenvalue weighted by molar-refractivity contribution is 5.89. The smallest absolute Gasteiger partial charge is 0.338 e. The number of esters is 1. The van der Waals surface area contributed by atoms with E-state index in [4.69, 9.17) is 14.2 Å². The zero-order valence-corrected chi connectivity index (χ0v) is 14.9. The van der Waals surface area contributed by atoms with Crippen LogP contribution in [0.1, 0.15) is 15.9 Å². The number of ether oxygens (including phenoxy) is 3. The monoisotopic (exact) mass is 390 g/mol. The lowest BCUT2D eigenvalue weighted by molar-refractivity contribution is -0.277. The molecule has 0 bridgehead atoms. The topological polar surface area (TPSA) is 126 Å². The zero-order chi connectivity index (χ0) is 20.1. The molecule has 5 unspecified atom stereocenters. The fourth-order valence-electron chi connectivity index (χ4n) is 2.84. The molecule has 0 aromatic heterocycles. The van der Waals surface area contributed by atoms with Gasteiger partial charge < -0.3 is 34.6 Å². The van der Waals surface area contributed by atoms with Gasteiger partial charge in [-0.25, -0.2) is 4.79 Å². The molecule has 0 aliphatic carbocycles. The number of carbonyl (C=O) groups excluding carboxylic acids is 1. The Morgan fingerprint density at radius 3 is 2.32 bits per heavy atom. The first kappa shape index (κ1) is 20.2. The lowest BCUT2D eigenvalue weighted by Gasteiger charge is -2.40. The Morgan fingerprint density at radius 1 is 0.929 bits per heavy atom. The summed E-state index contributed by atoms with van der Waals surface area (Å²) >= 11 is 0. The fourth-order valence-corrected chi connectivity index (χ4v) is 2.84. The van der Waals surface area contributed by atoms with Crippen LogP contribution in [-0.4, -0.2) is 63.7 Å². The van der Waals surface area contributed by atoms with E-state index in [0.717, 1.165) is 0 Å². The van der Waals surface area contributed by atoms with E-state index < -0.39 is 36.7 Å². The second-order valence-electron chi connectivity index (χ2n) is 6.36. The Bertz CT molecular complexity index is 781. The van der Waals surface area contributed by atoms with Gasteiger partial charge in [0.1, 0.15) is 36.8 Å². The summed E-state index contributed by atoms with van der Waals surface area (Å²) < 4.78 is 16.3. The molecule has 1 aliphatic heterocycles. The minimum atomic E-state index is -1.57. The fraction of sp³-hybridized carbons (Fsp3) is 0.350. The Balaban J connectivity index is 1.67. The van der Waals surface area contributed by atoms with Gasteiger partial charge in [-0.2, -0.15) is 0 Å². The van der Waals surface area contributed by atoms with Gasteiger partial charge in [0, 0.05) is 5.56 Å². The molecule has 1 fully saturated rings. The highest BCUT2D eigenvalue weighted by atomic mass is 16.7. The molecule has 28 heavy (non-hydrogen) atoms. The maximum Gasteiger partial charge on any atom is 0.338 e. The Morgan fingerprint density at radius 2 is 1.61 bits per heavy atom. The average Bonchev–Trinajstić information content (AvgIpc) is 2.74. The molecule has 8 nitrogen and oxygen atoms in total. The third kappa shape index (κ3) is 4.49. The highest BCUT2D eigenvalue weighted by Crippen LogP contribution is 2.27. The molecule has 4 N–H and O–H groups in total. The molecule has 1 heterocycles. The van der Waals surface area contributed by atoms with Crippen molar-refractivity contribution in [1.29, 1.82) is 0 Å². The largest absolute Gasteiger partial charge is 0.462 e. The van der Waals surface area contributed by atoms with E-state index >= 15 is 0 Å². The van der Waals surface area contributed by atoms with Gasteiger partial charge in [-0.05, 0) is 18.2 Å². The van der Waals surface area contributed by atoms with Gasteiger partial charge >= 0.3 is 5.97 Å². The number of benzene rings is 2. The maximum absolute atomic E-state index is 12.1. The van der Waals surface area contributed by atoms with Gasteiger partial charge in [0.25, 0.3) is 0 Å².